The number of carbonyl (C=O) groups is 2. The zero-order valence-electron chi connectivity index (χ0n) is 9.85. The molecule has 1 rings (SSSR count). The van der Waals surface area contributed by atoms with Gasteiger partial charge in [0.15, 0.2) is 0 Å². The van der Waals surface area contributed by atoms with Crippen LogP contribution in [0.3, 0.4) is 0 Å². The largest absolute Gasteiger partial charge is 0.480 e. The summed E-state index contributed by atoms with van der Waals surface area (Å²) in [5.41, 5.74) is 0.174. The smallest absolute Gasteiger partial charge is 0.326 e. The van der Waals surface area contributed by atoms with Crippen LogP contribution in [0.2, 0.25) is 5.15 Å². The van der Waals surface area contributed by atoms with Gasteiger partial charge in [0.1, 0.15) is 11.2 Å². The van der Waals surface area contributed by atoms with E-state index in [0.29, 0.717) is 10.9 Å². The monoisotopic (exact) mass is 334 g/mol. The molecule has 0 aliphatic heterocycles. The third kappa shape index (κ3) is 3.20. The molecule has 7 heteroatoms. The van der Waals surface area contributed by atoms with E-state index in [-0.39, 0.29) is 10.7 Å². The van der Waals surface area contributed by atoms with Gasteiger partial charge < -0.3 is 10.0 Å². The molecule has 1 unspecified atom stereocenters. The van der Waals surface area contributed by atoms with Crippen LogP contribution in [0.4, 0.5) is 0 Å². The molecule has 0 aromatic carbocycles. The van der Waals surface area contributed by atoms with Crippen molar-refractivity contribution in [1.82, 2.24) is 9.88 Å². The molecule has 1 N–H and O–H groups in total. The Morgan fingerprint density at radius 2 is 2.22 bits per heavy atom. The molecule has 0 bridgehead atoms. The Morgan fingerprint density at radius 3 is 2.72 bits per heavy atom. The third-order valence-electron chi connectivity index (χ3n) is 2.50. The molecule has 0 saturated carbocycles. The van der Waals surface area contributed by atoms with Gasteiger partial charge in [-0.1, -0.05) is 18.5 Å². The Kier molecular flexibility index (Phi) is 5.10. The summed E-state index contributed by atoms with van der Waals surface area (Å²) in [7, 11) is 1.43. The van der Waals surface area contributed by atoms with Gasteiger partial charge in [-0.15, -0.1) is 0 Å². The Hall–Kier alpha value is -1.14. The topological polar surface area (TPSA) is 70.5 Å². The van der Waals surface area contributed by atoms with Crippen molar-refractivity contribution in [2.75, 3.05) is 7.05 Å². The second-order valence-corrected chi connectivity index (χ2v) is 4.94. The lowest BCUT2D eigenvalue weighted by atomic mass is 10.1. The van der Waals surface area contributed by atoms with E-state index in [1.165, 1.54) is 19.3 Å². The molecule has 1 atom stereocenters. The second-order valence-electron chi connectivity index (χ2n) is 3.67. The van der Waals surface area contributed by atoms with Gasteiger partial charge in [0.2, 0.25) is 0 Å². The first kappa shape index (κ1) is 14.9. The van der Waals surface area contributed by atoms with E-state index in [2.05, 4.69) is 20.9 Å². The van der Waals surface area contributed by atoms with Crippen molar-refractivity contribution in [1.29, 1.82) is 0 Å². The van der Waals surface area contributed by atoms with E-state index in [1.807, 2.05) is 0 Å². The number of carboxylic acids is 1. The molecule has 98 valence electrons. The molecule has 0 spiro atoms. The van der Waals surface area contributed by atoms with Crippen LogP contribution in [0.15, 0.2) is 16.7 Å². The number of aromatic nitrogens is 1. The number of carbonyl (C=O) groups excluding carboxylic acids is 1. The molecule has 0 aliphatic carbocycles. The number of hydrogen-bond acceptors (Lipinski definition) is 3. The third-order valence-corrected chi connectivity index (χ3v) is 3.23. The van der Waals surface area contributed by atoms with Gasteiger partial charge in [-0.25, -0.2) is 9.78 Å². The summed E-state index contributed by atoms with van der Waals surface area (Å²) in [5.74, 6) is -1.52. The van der Waals surface area contributed by atoms with E-state index in [9.17, 15) is 9.59 Å². The first-order valence-electron chi connectivity index (χ1n) is 5.19. The van der Waals surface area contributed by atoms with Gasteiger partial charge in [0.05, 0.1) is 5.56 Å². The van der Waals surface area contributed by atoms with Crippen LogP contribution in [0.25, 0.3) is 0 Å². The summed E-state index contributed by atoms with van der Waals surface area (Å²) in [6.45, 7) is 1.70. The maximum absolute atomic E-state index is 12.1. The van der Waals surface area contributed by atoms with E-state index in [0.717, 1.165) is 4.90 Å². The average Bonchev–Trinajstić information content (AvgIpc) is 2.31. The van der Waals surface area contributed by atoms with Crippen LogP contribution in [0, 0.1) is 0 Å². The highest BCUT2D eigenvalue weighted by molar-refractivity contribution is 9.10. The first-order valence-corrected chi connectivity index (χ1v) is 6.36. The molecule has 0 radical (unpaired) electrons. The molecule has 0 aliphatic rings. The van der Waals surface area contributed by atoms with Crippen molar-refractivity contribution < 1.29 is 14.7 Å². The highest BCUT2D eigenvalue weighted by Gasteiger charge is 2.27. The van der Waals surface area contributed by atoms with Crippen molar-refractivity contribution in [2.45, 2.75) is 19.4 Å². The minimum atomic E-state index is -1.05. The zero-order valence-corrected chi connectivity index (χ0v) is 12.2. The average molecular weight is 336 g/mol. The molecule has 1 heterocycles. The van der Waals surface area contributed by atoms with Crippen molar-refractivity contribution in [2.24, 2.45) is 0 Å². The summed E-state index contributed by atoms with van der Waals surface area (Å²) in [4.78, 5) is 28.1. The Morgan fingerprint density at radius 1 is 1.61 bits per heavy atom. The molecule has 0 fully saturated rings. The fourth-order valence-corrected chi connectivity index (χ4v) is 2.03. The van der Waals surface area contributed by atoms with Gasteiger partial charge in [-0.05, 0) is 28.4 Å². The summed E-state index contributed by atoms with van der Waals surface area (Å²) in [6.07, 6.45) is 1.78. The second kappa shape index (κ2) is 6.15. The fraction of sp³-hybridized carbons (Fsp3) is 0.364. The van der Waals surface area contributed by atoms with Crippen molar-refractivity contribution >= 4 is 39.4 Å². The number of nitrogens with zero attached hydrogens (tertiary/aromatic N) is 2. The SMILES string of the molecule is CCC(C(=O)O)N(C)C(=O)c1cc(Br)cnc1Cl. The molecular formula is C11H12BrClN2O3. The maximum Gasteiger partial charge on any atom is 0.326 e. The van der Waals surface area contributed by atoms with E-state index in [4.69, 9.17) is 16.7 Å². The number of hydrogen-bond donors (Lipinski definition) is 1. The van der Waals surface area contributed by atoms with Gasteiger partial charge in [-0.3, -0.25) is 4.79 Å². The molecule has 1 aromatic rings. The molecule has 18 heavy (non-hydrogen) atoms. The molecule has 1 amide bonds. The Bertz CT molecular complexity index is 481. The number of carboxylic acid groups (broad SMARTS) is 1. The summed E-state index contributed by atoms with van der Waals surface area (Å²) in [6, 6.07) is 0.635. The number of halogens is 2. The predicted octanol–water partition coefficient (Wildman–Crippen LogP) is 2.43. The van der Waals surface area contributed by atoms with Gasteiger partial charge >= 0.3 is 5.97 Å². The predicted molar refractivity (Wildman–Crippen MR) is 70.8 cm³/mol. The van der Waals surface area contributed by atoms with E-state index < -0.39 is 17.9 Å². The summed E-state index contributed by atoms with van der Waals surface area (Å²) >= 11 is 9.02. The zero-order chi connectivity index (χ0) is 13.9. The number of pyridine rings is 1. The standard InChI is InChI=1S/C11H12BrClN2O3/c1-3-8(11(17)18)15(2)10(16)7-4-6(12)5-14-9(7)13/h4-5,8H,3H2,1-2H3,(H,17,18). The number of rotatable bonds is 4. The first-order chi connectivity index (χ1) is 8.38. The molecular weight excluding hydrogens is 323 g/mol. The molecule has 0 saturated heterocycles. The lowest BCUT2D eigenvalue weighted by molar-refractivity contribution is -0.142. The normalized spacial score (nSPS) is 12.0. The highest BCUT2D eigenvalue weighted by Crippen LogP contribution is 2.20. The van der Waals surface area contributed by atoms with Crippen LogP contribution in [-0.4, -0.2) is 40.0 Å². The lowest BCUT2D eigenvalue weighted by Gasteiger charge is -2.24. The van der Waals surface area contributed by atoms with Crippen molar-refractivity contribution in [3.05, 3.63) is 27.5 Å². The van der Waals surface area contributed by atoms with Gasteiger partial charge in [0, 0.05) is 17.7 Å². The number of likely N-dealkylation sites (N-methyl/N-ethyl adjacent to an activating group) is 1. The highest BCUT2D eigenvalue weighted by atomic mass is 79.9. The van der Waals surface area contributed by atoms with Crippen LogP contribution >= 0.6 is 27.5 Å². The van der Waals surface area contributed by atoms with Crippen LogP contribution in [0.1, 0.15) is 23.7 Å². The summed E-state index contributed by atoms with van der Waals surface area (Å²) in [5, 5.41) is 9.06. The Balaban J connectivity index is 3.06. The number of aliphatic carboxylic acids is 1. The van der Waals surface area contributed by atoms with Gasteiger partial charge in [0.25, 0.3) is 5.91 Å². The lowest BCUT2D eigenvalue weighted by Crippen LogP contribution is -2.42. The van der Waals surface area contributed by atoms with Crippen molar-refractivity contribution in [3.8, 4) is 0 Å². The maximum atomic E-state index is 12.1. The van der Waals surface area contributed by atoms with Crippen LogP contribution in [-0.2, 0) is 4.79 Å². The van der Waals surface area contributed by atoms with Crippen LogP contribution in [0.5, 0.6) is 0 Å². The minimum Gasteiger partial charge on any atom is -0.480 e. The fourth-order valence-electron chi connectivity index (χ4n) is 1.52. The molecule has 5 nitrogen and oxygen atoms in total. The van der Waals surface area contributed by atoms with E-state index in [1.54, 1.807) is 6.92 Å². The number of amides is 1. The van der Waals surface area contributed by atoms with Crippen molar-refractivity contribution in [3.63, 3.8) is 0 Å². The quantitative estimate of drug-likeness (QED) is 0.858. The van der Waals surface area contributed by atoms with E-state index >= 15 is 0 Å². The van der Waals surface area contributed by atoms with Crippen LogP contribution < -0.4 is 0 Å². The Labute approximate surface area is 118 Å². The molecule has 1 aromatic heterocycles. The summed E-state index contributed by atoms with van der Waals surface area (Å²) < 4.78 is 0.604. The van der Waals surface area contributed by atoms with Gasteiger partial charge in [-0.2, -0.15) is 0 Å². The minimum absolute atomic E-state index is 0.0512.